The number of halogens is 3. The molecule has 38 heavy (non-hydrogen) atoms. The Hall–Kier alpha value is -3.59. The normalized spacial score (nSPS) is 11.1. The van der Waals surface area contributed by atoms with Crippen LogP contribution in [0, 0.1) is 5.82 Å². The predicted molar refractivity (Wildman–Crippen MR) is 146 cm³/mol. The molecule has 1 N–H and O–H groups in total. The van der Waals surface area contributed by atoms with Crippen LogP contribution in [0.4, 0.5) is 10.1 Å². The van der Waals surface area contributed by atoms with Gasteiger partial charge < -0.3 is 10.1 Å². The minimum atomic E-state index is -4.09. The zero-order chi connectivity index (χ0) is 27.1. The van der Waals surface area contributed by atoms with Gasteiger partial charge in [-0.25, -0.2) is 12.8 Å². The highest BCUT2D eigenvalue weighted by Gasteiger charge is 2.27. The molecule has 0 unspecified atom stereocenters. The molecule has 6 nitrogen and oxygen atoms in total. The number of benzene rings is 4. The highest BCUT2D eigenvalue weighted by atomic mass is 35.5. The van der Waals surface area contributed by atoms with Crippen molar-refractivity contribution >= 4 is 44.8 Å². The molecule has 0 spiro atoms. The number of nitrogens with zero attached hydrogens (tertiary/aromatic N) is 1. The first-order valence-electron chi connectivity index (χ1n) is 11.5. The van der Waals surface area contributed by atoms with Gasteiger partial charge in [-0.2, -0.15) is 0 Å². The maximum Gasteiger partial charge on any atom is 0.264 e. The monoisotopic (exact) mass is 572 g/mol. The Morgan fingerprint density at radius 1 is 0.842 bits per heavy atom. The molecule has 0 aromatic heterocycles. The molecule has 0 heterocycles. The lowest BCUT2D eigenvalue weighted by Crippen LogP contribution is -2.40. The van der Waals surface area contributed by atoms with Gasteiger partial charge in [-0.1, -0.05) is 65.7 Å². The first kappa shape index (κ1) is 27.4. The number of amides is 1. The van der Waals surface area contributed by atoms with Crippen molar-refractivity contribution < 1.29 is 22.3 Å². The molecule has 0 aliphatic heterocycles. The zero-order valence-corrected chi connectivity index (χ0v) is 22.3. The molecular formula is C28H23Cl2FN2O4S. The van der Waals surface area contributed by atoms with Crippen LogP contribution in [-0.2, 0) is 28.0 Å². The first-order chi connectivity index (χ1) is 18.2. The maximum atomic E-state index is 13.4. The third-order valence-electron chi connectivity index (χ3n) is 5.49. The molecule has 0 aliphatic carbocycles. The van der Waals surface area contributed by atoms with Crippen molar-refractivity contribution in [3.05, 3.63) is 124 Å². The molecule has 0 radical (unpaired) electrons. The molecule has 1 amide bonds. The number of nitrogens with one attached hydrogen (secondary N) is 1. The summed E-state index contributed by atoms with van der Waals surface area (Å²) in [7, 11) is -4.09. The van der Waals surface area contributed by atoms with Crippen molar-refractivity contribution in [2.24, 2.45) is 0 Å². The molecule has 4 aromatic carbocycles. The Bertz CT molecular complexity index is 1480. The van der Waals surface area contributed by atoms with E-state index in [1.807, 2.05) is 0 Å². The van der Waals surface area contributed by atoms with Gasteiger partial charge in [-0.05, 0) is 65.7 Å². The van der Waals surface area contributed by atoms with Gasteiger partial charge in [0.2, 0.25) is 5.91 Å². The van der Waals surface area contributed by atoms with E-state index in [2.05, 4.69) is 5.32 Å². The van der Waals surface area contributed by atoms with Gasteiger partial charge in [-0.15, -0.1) is 0 Å². The van der Waals surface area contributed by atoms with Crippen molar-refractivity contribution in [1.82, 2.24) is 5.32 Å². The van der Waals surface area contributed by atoms with E-state index in [1.165, 1.54) is 42.5 Å². The fourth-order valence-corrected chi connectivity index (χ4v) is 5.50. The average Bonchev–Trinajstić information content (AvgIpc) is 2.90. The largest absolute Gasteiger partial charge is 0.489 e. The number of rotatable bonds is 10. The number of anilines is 1. The maximum absolute atomic E-state index is 13.4. The third-order valence-corrected chi connectivity index (χ3v) is 7.71. The second-order valence-corrected chi connectivity index (χ2v) is 11.0. The number of ether oxygens (including phenoxy) is 1. The van der Waals surface area contributed by atoms with Gasteiger partial charge in [0, 0.05) is 16.6 Å². The summed E-state index contributed by atoms with van der Waals surface area (Å²) in [6, 6.07) is 25.3. The molecule has 4 rings (SSSR count). The fourth-order valence-electron chi connectivity index (χ4n) is 3.56. The standard InChI is InChI=1S/C28H23Cl2FN2O4S/c29-22-14-23(30)16-25(15-22)33(38(35,36)27-4-2-1-3-5-27)18-28(34)32-17-20-8-12-26(13-9-20)37-19-21-6-10-24(31)11-7-21/h1-16H,17-19H2,(H,32,34). The number of hydrogen-bond acceptors (Lipinski definition) is 4. The molecule has 0 saturated carbocycles. The summed E-state index contributed by atoms with van der Waals surface area (Å²) in [6.45, 7) is -0.0189. The van der Waals surface area contributed by atoms with Crippen LogP contribution in [-0.4, -0.2) is 20.9 Å². The number of sulfonamides is 1. The van der Waals surface area contributed by atoms with Crippen LogP contribution in [0.15, 0.2) is 102 Å². The van der Waals surface area contributed by atoms with Crippen molar-refractivity contribution in [2.75, 3.05) is 10.8 Å². The molecule has 4 aromatic rings. The number of carbonyl (C=O) groups is 1. The molecule has 0 fully saturated rings. The van der Waals surface area contributed by atoms with Gasteiger partial charge in [-0.3, -0.25) is 9.10 Å². The lowest BCUT2D eigenvalue weighted by molar-refractivity contribution is -0.119. The van der Waals surface area contributed by atoms with Gasteiger partial charge in [0.15, 0.2) is 0 Å². The second-order valence-electron chi connectivity index (χ2n) is 8.29. The number of carbonyl (C=O) groups excluding carboxylic acids is 1. The van der Waals surface area contributed by atoms with Crippen LogP contribution in [0.3, 0.4) is 0 Å². The molecule has 0 aliphatic rings. The summed E-state index contributed by atoms with van der Waals surface area (Å²) in [5.41, 5.74) is 1.79. The Balaban J connectivity index is 1.42. The Morgan fingerprint density at radius 3 is 2.08 bits per heavy atom. The van der Waals surface area contributed by atoms with Crippen molar-refractivity contribution in [3.63, 3.8) is 0 Å². The molecule has 10 heteroatoms. The van der Waals surface area contributed by atoms with Crippen molar-refractivity contribution in [1.29, 1.82) is 0 Å². The third kappa shape index (κ3) is 7.25. The average molecular weight is 573 g/mol. The van der Waals surface area contributed by atoms with Gasteiger partial charge in [0.05, 0.1) is 10.6 Å². The molecule has 0 saturated heterocycles. The van der Waals surface area contributed by atoms with Gasteiger partial charge in [0.1, 0.15) is 24.7 Å². The zero-order valence-electron chi connectivity index (χ0n) is 20.0. The lowest BCUT2D eigenvalue weighted by atomic mass is 10.2. The summed E-state index contributed by atoms with van der Waals surface area (Å²) in [4.78, 5) is 12.9. The van der Waals surface area contributed by atoms with Crippen LogP contribution in [0.5, 0.6) is 5.75 Å². The van der Waals surface area contributed by atoms with E-state index >= 15 is 0 Å². The summed E-state index contributed by atoms with van der Waals surface area (Å²) in [6.07, 6.45) is 0. The topological polar surface area (TPSA) is 75.7 Å². The SMILES string of the molecule is O=C(CN(c1cc(Cl)cc(Cl)c1)S(=O)(=O)c1ccccc1)NCc1ccc(OCc2ccc(F)cc2)cc1. The highest BCUT2D eigenvalue weighted by Crippen LogP contribution is 2.29. The van der Waals surface area contributed by atoms with E-state index in [1.54, 1.807) is 54.6 Å². The minimum Gasteiger partial charge on any atom is -0.489 e. The first-order valence-corrected chi connectivity index (χ1v) is 13.7. The molecular weight excluding hydrogens is 550 g/mol. The lowest BCUT2D eigenvalue weighted by Gasteiger charge is -2.24. The summed E-state index contributed by atoms with van der Waals surface area (Å²) >= 11 is 12.2. The van der Waals surface area contributed by atoms with E-state index in [0.717, 1.165) is 15.4 Å². The molecule has 196 valence electrons. The van der Waals surface area contributed by atoms with Crippen molar-refractivity contribution in [3.8, 4) is 5.75 Å². The summed E-state index contributed by atoms with van der Waals surface area (Å²) < 4.78 is 46.5. The Kier molecular flexibility index (Phi) is 8.89. The Morgan fingerprint density at radius 2 is 1.45 bits per heavy atom. The predicted octanol–water partition coefficient (Wildman–Crippen LogP) is 6.22. The van der Waals surface area contributed by atoms with Crippen LogP contribution in [0.2, 0.25) is 10.0 Å². The van der Waals surface area contributed by atoms with Crippen LogP contribution >= 0.6 is 23.2 Å². The smallest absolute Gasteiger partial charge is 0.264 e. The van der Waals surface area contributed by atoms with Gasteiger partial charge >= 0.3 is 0 Å². The summed E-state index contributed by atoms with van der Waals surface area (Å²) in [5, 5.41) is 3.22. The minimum absolute atomic E-state index is 0.0279. The van der Waals surface area contributed by atoms with E-state index in [0.29, 0.717) is 5.75 Å². The highest BCUT2D eigenvalue weighted by molar-refractivity contribution is 7.92. The van der Waals surface area contributed by atoms with E-state index in [9.17, 15) is 17.6 Å². The van der Waals surface area contributed by atoms with E-state index in [-0.39, 0.29) is 39.6 Å². The fraction of sp³-hybridized carbons (Fsp3) is 0.107. The summed E-state index contributed by atoms with van der Waals surface area (Å²) in [5.74, 6) is -0.211. The molecule has 0 atom stereocenters. The van der Waals surface area contributed by atoms with Crippen LogP contribution < -0.4 is 14.4 Å². The van der Waals surface area contributed by atoms with Crippen LogP contribution in [0.25, 0.3) is 0 Å². The quantitative estimate of drug-likeness (QED) is 0.244. The second kappa shape index (κ2) is 12.3. The molecule has 0 bridgehead atoms. The van der Waals surface area contributed by atoms with E-state index < -0.39 is 22.5 Å². The van der Waals surface area contributed by atoms with E-state index in [4.69, 9.17) is 27.9 Å². The Labute approximate surface area is 230 Å². The van der Waals surface area contributed by atoms with Gasteiger partial charge in [0.25, 0.3) is 10.0 Å². The number of hydrogen-bond donors (Lipinski definition) is 1. The van der Waals surface area contributed by atoms with Crippen molar-refractivity contribution in [2.45, 2.75) is 18.0 Å². The van der Waals surface area contributed by atoms with Crippen LogP contribution in [0.1, 0.15) is 11.1 Å².